The second-order valence-corrected chi connectivity index (χ2v) is 2.41. The molecule has 1 aromatic heterocycles. The molecule has 0 saturated heterocycles. The first-order chi connectivity index (χ1) is 4.79. The summed E-state index contributed by atoms with van der Waals surface area (Å²) < 4.78 is 1.74. The van der Waals surface area contributed by atoms with Crippen molar-refractivity contribution in [3.63, 3.8) is 0 Å². The van der Waals surface area contributed by atoms with Crippen LogP contribution in [0, 0.1) is 6.20 Å². The summed E-state index contributed by atoms with van der Waals surface area (Å²) in [5.74, 6) is 0. The van der Waals surface area contributed by atoms with E-state index in [2.05, 4.69) is 11.3 Å². The van der Waals surface area contributed by atoms with Gasteiger partial charge in [0.1, 0.15) is 11.3 Å². The standard InChI is InChI=1S/C7H10ClN2/c1-3-6-5-9-10(4-2)7(6)8/h3-4H2,1-2H3. The minimum Gasteiger partial charge on any atom is -0.253 e. The molecule has 2 nitrogen and oxygen atoms in total. The Bertz CT molecular complexity index is 196. The summed E-state index contributed by atoms with van der Waals surface area (Å²) in [6, 6.07) is 0. The second kappa shape index (κ2) is 3.06. The average Bonchev–Trinajstić information content (AvgIpc) is 2.30. The van der Waals surface area contributed by atoms with Crippen LogP contribution in [0.25, 0.3) is 0 Å². The molecule has 3 heteroatoms. The molecule has 0 aliphatic heterocycles. The highest BCUT2D eigenvalue weighted by molar-refractivity contribution is 6.30. The fourth-order valence-electron chi connectivity index (χ4n) is 0.801. The van der Waals surface area contributed by atoms with E-state index in [4.69, 9.17) is 11.6 Å². The number of halogens is 1. The van der Waals surface area contributed by atoms with Crippen molar-refractivity contribution in [1.29, 1.82) is 0 Å². The van der Waals surface area contributed by atoms with Gasteiger partial charge in [-0.25, -0.2) is 0 Å². The van der Waals surface area contributed by atoms with Crippen LogP contribution in [0.3, 0.4) is 0 Å². The summed E-state index contributed by atoms with van der Waals surface area (Å²) in [4.78, 5) is 0. The molecule has 0 atom stereocenters. The molecule has 10 heavy (non-hydrogen) atoms. The molecule has 0 aliphatic rings. The van der Waals surface area contributed by atoms with Gasteiger partial charge in [-0.05, 0) is 13.3 Å². The van der Waals surface area contributed by atoms with Crippen LogP contribution >= 0.6 is 11.6 Å². The quantitative estimate of drug-likeness (QED) is 0.642. The van der Waals surface area contributed by atoms with Crippen molar-refractivity contribution in [2.24, 2.45) is 0 Å². The number of rotatable bonds is 2. The Hall–Kier alpha value is -0.500. The van der Waals surface area contributed by atoms with E-state index in [1.165, 1.54) is 0 Å². The SMILES string of the molecule is CCc1[c]nn(CC)c1Cl. The van der Waals surface area contributed by atoms with E-state index in [9.17, 15) is 0 Å². The lowest BCUT2D eigenvalue weighted by atomic mass is 10.3. The summed E-state index contributed by atoms with van der Waals surface area (Å²) in [5.41, 5.74) is 1.00. The molecule has 0 amide bonds. The van der Waals surface area contributed by atoms with Gasteiger partial charge in [-0.2, -0.15) is 5.10 Å². The monoisotopic (exact) mass is 157 g/mol. The normalized spacial score (nSPS) is 10.3. The Morgan fingerprint density at radius 3 is 2.60 bits per heavy atom. The number of hydrogen-bond donors (Lipinski definition) is 0. The summed E-state index contributed by atoms with van der Waals surface area (Å²) in [6.45, 7) is 4.86. The van der Waals surface area contributed by atoms with Crippen LogP contribution in [0.15, 0.2) is 0 Å². The van der Waals surface area contributed by atoms with Crippen molar-refractivity contribution in [2.75, 3.05) is 0 Å². The van der Waals surface area contributed by atoms with Crippen molar-refractivity contribution in [1.82, 2.24) is 9.78 Å². The molecule has 1 aromatic rings. The number of aromatic nitrogens is 2. The molecule has 1 radical (unpaired) electrons. The van der Waals surface area contributed by atoms with Gasteiger partial charge >= 0.3 is 0 Å². The smallest absolute Gasteiger partial charge is 0.130 e. The van der Waals surface area contributed by atoms with Gasteiger partial charge < -0.3 is 0 Å². The topological polar surface area (TPSA) is 17.8 Å². The third-order valence-corrected chi connectivity index (χ3v) is 1.86. The van der Waals surface area contributed by atoms with Crippen LogP contribution in [0.5, 0.6) is 0 Å². The van der Waals surface area contributed by atoms with Gasteiger partial charge in [0.25, 0.3) is 0 Å². The molecule has 0 aromatic carbocycles. The van der Waals surface area contributed by atoms with Gasteiger partial charge in [0.15, 0.2) is 0 Å². The van der Waals surface area contributed by atoms with E-state index < -0.39 is 0 Å². The number of nitrogens with zero attached hydrogens (tertiary/aromatic N) is 2. The van der Waals surface area contributed by atoms with Gasteiger partial charge in [0, 0.05) is 12.1 Å². The first kappa shape index (κ1) is 7.61. The lowest BCUT2D eigenvalue weighted by Gasteiger charge is -1.95. The van der Waals surface area contributed by atoms with Gasteiger partial charge in [-0.1, -0.05) is 18.5 Å². The fraction of sp³-hybridized carbons (Fsp3) is 0.571. The molecule has 0 unspecified atom stereocenters. The Morgan fingerprint density at radius 1 is 1.60 bits per heavy atom. The van der Waals surface area contributed by atoms with E-state index in [1.807, 2.05) is 13.8 Å². The Morgan fingerprint density at radius 2 is 2.30 bits per heavy atom. The second-order valence-electron chi connectivity index (χ2n) is 2.05. The maximum atomic E-state index is 5.89. The van der Waals surface area contributed by atoms with E-state index in [0.29, 0.717) is 0 Å². The Kier molecular flexibility index (Phi) is 2.33. The van der Waals surface area contributed by atoms with Crippen LogP contribution in [0.4, 0.5) is 0 Å². The average molecular weight is 158 g/mol. The van der Waals surface area contributed by atoms with Gasteiger partial charge in [-0.3, -0.25) is 4.68 Å². The molecule has 0 saturated carbocycles. The summed E-state index contributed by atoms with van der Waals surface area (Å²) in [6.07, 6.45) is 3.76. The van der Waals surface area contributed by atoms with Crippen molar-refractivity contribution in [2.45, 2.75) is 26.8 Å². The van der Waals surface area contributed by atoms with E-state index in [0.717, 1.165) is 23.7 Å². The van der Waals surface area contributed by atoms with E-state index in [-0.39, 0.29) is 0 Å². The zero-order valence-electron chi connectivity index (χ0n) is 6.19. The zero-order chi connectivity index (χ0) is 7.56. The lowest BCUT2D eigenvalue weighted by molar-refractivity contribution is 0.659. The molecule has 1 heterocycles. The van der Waals surface area contributed by atoms with Gasteiger partial charge in [-0.15, -0.1) is 0 Å². The van der Waals surface area contributed by atoms with Crippen molar-refractivity contribution in [3.8, 4) is 0 Å². The predicted octanol–water partition coefficient (Wildman–Crippen LogP) is 1.92. The third kappa shape index (κ3) is 1.16. The van der Waals surface area contributed by atoms with Gasteiger partial charge in [0.05, 0.1) is 0 Å². The molecular weight excluding hydrogens is 148 g/mol. The summed E-state index contributed by atoms with van der Waals surface area (Å²) >= 11 is 5.89. The lowest BCUT2D eigenvalue weighted by Crippen LogP contribution is -1.95. The van der Waals surface area contributed by atoms with Crippen LogP contribution in [0.2, 0.25) is 5.15 Å². The third-order valence-electron chi connectivity index (χ3n) is 1.43. The summed E-state index contributed by atoms with van der Waals surface area (Å²) in [5, 5.41) is 4.69. The fourth-order valence-corrected chi connectivity index (χ4v) is 1.13. The Balaban J connectivity index is 2.97. The molecular formula is C7H10ClN2. The highest BCUT2D eigenvalue weighted by atomic mass is 35.5. The Labute approximate surface area is 65.8 Å². The predicted molar refractivity (Wildman–Crippen MR) is 41.1 cm³/mol. The van der Waals surface area contributed by atoms with E-state index >= 15 is 0 Å². The molecule has 55 valence electrons. The van der Waals surface area contributed by atoms with Crippen LogP contribution in [-0.2, 0) is 13.0 Å². The molecule has 1 rings (SSSR count). The van der Waals surface area contributed by atoms with Crippen molar-refractivity contribution in [3.05, 3.63) is 16.9 Å². The number of aryl methyl sites for hydroxylation is 2. The maximum absolute atomic E-state index is 5.89. The molecule has 0 N–H and O–H groups in total. The first-order valence-electron chi connectivity index (χ1n) is 3.42. The maximum Gasteiger partial charge on any atom is 0.130 e. The summed E-state index contributed by atoms with van der Waals surface area (Å²) in [7, 11) is 0. The minimum atomic E-state index is 0.727. The first-order valence-corrected chi connectivity index (χ1v) is 3.80. The van der Waals surface area contributed by atoms with Crippen LogP contribution in [-0.4, -0.2) is 9.78 Å². The highest BCUT2D eigenvalue weighted by Gasteiger charge is 2.03. The molecule has 0 aliphatic carbocycles. The van der Waals surface area contributed by atoms with Crippen LogP contribution < -0.4 is 0 Å². The zero-order valence-corrected chi connectivity index (χ0v) is 6.94. The minimum absolute atomic E-state index is 0.727. The molecule has 0 fully saturated rings. The van der Waals surface area contributed by atoms with Crippen LogP contribution in [0.1, 0.15) is 19.4 Å². The highest BCUT2D eigenvalue weighted by Crippen LogP contribution is 2.14. The van der Waals surface area contributed by atoms with Crippen molar-refractivity contribution < 1.29 is 0 Å². The largest absolute Gasteiger partial charge is 0.253 e. The van der Waals surface area contributed by atoms with Crippen molar-refractivity contribution >= 4 is 11.6 Å². The molecule has 0 bridgehead atoms. The molecule has 0 spiro atoms. The van der Waals surface area contributed by atoms with E-state index in [1.54, 1.807) is 4.68 Å². The number of hydrogen-bond acceptors (Lipinski definition) is 1. The van der Waals surface area contributed by atoms with Gasteiger partial charge in [0.2, 0.25) is 0 Å².